The molecule has 1 unspecified atom stereocenters. The molecule has 2 heterocycles. The Kier molecular flexibility index (Phi) is 3.79. The molecule has 2 aliphatic heterocycles. The maximum absolute atomic E-state index is 5.92. The van der Waals surface area contributed by atoms with Gasteiger partial charge in [0.25, 0.3) is 0 Å². The summed E-state index contributed by atoms with van der Waals surface area (Å²) in [7, 11) is 0. The summed E-state index contributed by atoms with van der Waals surface area (Å²) in [5, 5.41) is 3.42. The van der Waals surface area contributed by atoms with Crippen molar-refractivity contribution in [2.24, 2.45) is 11.7 Å². The Bertz CT molecular complexity index is 160. The molecule has 0 aromatic rings. The van der Waals surface area contributed by atoms with Crippen LogP contribution >= 0.6 is 0 Å². The van der Waals surface area contributed by atoms with Gasteiger partial charge in [-0.3, -0.25) is 4.90 Å². The van der Waals surface area contributed by atoms with Gasteiger partial charge in [-0.15, -0.1) is 0 Å². The number of nitrogens with two attached hydrogens (primary N) is 1. The molecule has 0 radical (unpaired) electrons. The second-order valence-corrected chi connectivity index (χ2v) is 4.63. The Morgan fingerprint density at radius 2 is 1.86 bits per heavy atom. The average molecular weight is 197 g/mol. The molecule has 14 heavy (non-hydrogen) atoms. The Morgan fingerprint density at radius 3 is 2.43 bits per heavy atom. The highest BCUT2D eigenvalue weighted by Gasteiger charge is 2.28. The first-order valence-corrected chi connectivity index (χ1v) is 6.06. The average Bonchev–Trinajstić information content (AvgIpc) is 2.74. The first kappa shape index (κ1) is 10.4. The second-order valence-electron chi connectivity index (χ2n) is 4.63. The molecule has 3 nitrogen and oxygen atoms in total. The Hall–Kier alpha value is -0.120. The lowest BCUT2D eigenvalue weighted by Crippen LogP contribution is -2.47. The van der Waals surface area contributed by atoms with Gasteiger partial charge >= 0.3 is 0 Å². The minimum Gasteiger partial charge on any atom is -0.329 e. The predicted molar refractivity (Wildman–Crippen MR) is 59.2 cm³/mol. The summed E-state index contributed by atoms with van der Waals surface area (Å²) in [6, 6.07) is 0.666. The van der Waals surface area contributed by atoms with Crippen LogP contribution in [0.25, 0.3) is 0 Å². The van der Waals surface area contributed by atoms with E-state index in [0.717, 1.165) is 12.5 Å². The third kappa shape index (κ3) is 2.27. The molecule has 2 saturated heterocycles. The van der Waals surface area contributed by atoms with E-state index >= 15 is 0 Å². The summed E-state index contributed by atoms with van der Waals surface area (Å²) in [6.45, 7) is 5.80. The number of nitrogens with one attached hydrogen (secondary N) is 1. The van der Waals surface area contributed by atoms with E-state index in [0.29, 0.717) is 6.04 Å². The van der Waals surface area contributed by atoms with E-state index in [9.17, 15) is 0 Å². The van der Waals surface area contributed by atoms with Crippen LogP contribution in [0.15, 0.2) is 0 Å². The molecule has 0 spiro atoms. The fourth-order valence-corrected chi connectivity index (χ4v) is 2.94. The van der Waals surface area contributed by atoms with E-state index < -0.39 is 0 Å². The van der Waals surface area contributed by atoms with E-state index in [1.807, 2.05) is 0 Å². The molecule has 0 bridgehead atoms. The lowest BCUT2D eigenvalue weighted by atomic mass is 9.89. The predicted octanol–water partition coefficient (Wildman–Crippen LogP) is 0.409. The Morgan fingerprint density at radius 1 is 1.21 bits per heavy atom. The molecule has 0 aliphatic carbocycles. The molecular weight excluding hydrogens is 174 g/mol. The van der Waals surface area contributed by atoms with Crippen LogP contribution in [0.5, 0.6) is 0 Å². The van der Waals surface area contributed by atoms with Gasteiger partial charge in [0, 0.05) is 12.6 Å². The zero-order valence-corrected chi connectivity index (χ0v) is 9.04. The van der Waals surface area contributed by atoms with E-state index in [-0.39, 0.29) is 0 Å². The summed E-state index contributed by atoms with van der Waals surface area (Å²) in [4.78, 5) is 2.62. The molecule has 3 N–H and O–H groups in total. The molecule has 2 aliphatic rings. The minimum absolute atomic E-state index is 0.666. The molecule has 0 aromatic heterocycles. The van der Waals surface area contributed by atoms with Crippen LogP contribution in [0.4, 0.5) is 0 Å². The number of hydrogen-bond acceptors (Lipinski definition) is 3. The smallest absolute Gasteiger partial charge is 0.0247 e. The van der Waals surface area contributed by atoms with Crippen molar-refractivity contribution in [2.45, 2.75) is 31.7 Å². The maximum Gasteiger partial charge on any atom is 0.0247 e. The highest BCUT2D eigenvalue weighted by atomic mass is 15.2. The van der Waals surface area contributed by atoms with Gasteiger partial charge in [0.1, 0.15) is 0 Å². The summed E-state index contributed by atoms with van der Waals surface area (Å²) < 4.78 is 0. The van der Waals surface area contributed by atoms with Crippen molar-refractivity contribution in [3.05, 3.63) is 0 Å². The minimum atomic E-state index is 0.666. The second kappa shape index (κ2) is 5.10. The number of hydrogen-bond donors (Lipinski definition) is 2. The Labute approximate surface area is 87.0 Å². The van der Waals surface area contributed by atoms with Crippen LogP contribution < -0.4 is 11.1 Å². The third-order valence-electron chi connectivity index (χ3n) is 3.78. The topological polar surface area (TPSA) is 41.3 Å². The van der Waals surface area contributed by atoms with E-state index in [4.69, 9.17) is 5.73 Å². The zero-order chi connectivity index (χ0) is 9.80. The van der Waals surface area contributed by atoms with Crippen LogP contribution in [0.1, 0.15) is 25.7 Å². The highest BCUT2D eigenvalue weighted by molar-refractivity contribution is 4.85. The van der Waals surface area contributed by atoms with Gasteiger partial charge in [-0.25, -0.2) is 0 Å². The lowest BCUT2D eigenvalue weighted by molar-refractivity contribution is 0.153. The van der Waals surface area contributed by atoms with Crippen LogP contribution in [0.2, 0.25) is 0 Å². The van der Waals surface area contributed by atoms with Crippen molar-refractivity contribution in [3.63, 3.8) is 0 Å². The summed E-state index contributed by atoms with van der Waals surface area (Å²) >= 11 is 0. The molecule has 3 heteroatoms. The molecule has 2 fully saturated rings. The summed E-state index contributed by atoms with van der Waals surface area (Å²) in [5.74, 6) is 0.847. The van der Waals surface area contributed by atoms with Crippen molar-refractivity contribution in [1.29, 1.82) is 0 Å². The van der Waals surface area contributed by atoms with E-state index in [2.05, 4.69) is 10.2 Å². The molecule has 1 atom stereocenters. The molecule has 0 saturated carbocycles. The number of rotatable bonds is 3. The monoisotopic (exact) mass is 197 g/mol. The fraction of sp³-hybridized carbons (Fsp3) is 1.00. The number of piperidine rings is 1. The summed E-state index contributed by atoms with van der Waals surface area (Å²) in [5.41, 5.74) is 5.92. The standard InChI is InChI=1S/C11H23N3/c12-9-11(14-7-1-2-8-14)10-3-5-13-6-4-10/h10-11,13H,1-9,12H2. The Balaban J connectivity index is 1.89. The van der Waals surface area contributed by atoms with Crippen LogP contribution in [0, 0.1) is 5.92 Å². The van der Waals surface area contributed by atoms with E-state index in [1.54, 1.807) is 0 Å². The normalized spacial score (nSPS) is 28.1. The van der Waals surface area contributed by atoms with Crippen LogP contribution in [-0.4, -0.2) is 43.7 Å². The maximum atomic E-state index is 5.92. The lowest BCUT2D eigenvalue weighted by Gasteiger charge is -2.36. The zero-order valence-electron chi connectivity index (χ0n) is 9.04. The molecule has 82 valence electrons. The van der Waals surface area contributed by atoms with Crippen molar-refractivity contribution in [2.75, 3.05) is 32.7 Å². The van der Waals surface area contributed by atoms with Gasteiger partial charge in [-0.1, -0.05) is 0 Å². The molecule has 2 rings (SSSR count). The largest absolute Gasteiger partial charge is 0.329 e. The SMILES string of the molecule is NCC(C1CCNCC1)N1CCCC1. The molecule has 0 aromatic carbocycles. The third-order valence-corrected chi connectivity index (χ3v) is 3.78. The van der Waals surface area contributed by atoms with E-state index in [1.165, 1.54) is 51.9 Å². The van der Waals surface area contributed by atoms with Gasteiger partial charge in [-0.05, 0) is 57.8 Å². The first-order valence-electron chi connectivity index (χ1n) is 6.06. The van der Waals surface area contributed by atoms with Gasteiger partial charge in [0.15, 0.2) is 0 Å². The van der Waals surface area contributed by atoms with Crippen molar-refractivity contribution in [3.8, 4) is 0 Å². The van der Waals surface area contributed by atoms with Gasteiger partial charge < -0.3 is 11.1 Å². The number of nitrogens with zero attached hydrogens (tertiary/aromatic N) is 1. The van der Waals surface area contributed by atoms with Gasteiger partial charge in [0.05, 0.1) is 0 Å². The number of likely N-dealkylation sites (tertiary alicyclic amines) is 1. The van der Waals surface area contributed by atoms with Crippen molar-refractivity contribution >= 4 is 0 Å². The van der Waals surface area contributed by atoms with Crippen LogP contribution in [-0.2, 0) is 0 Å². The summed E-state index contributed by atoms with van der Waals surface area (Å²) in [6.07, 6.45) is 5.39. The quantitative estimate of drug-likeness (QED) is 0.688. The fourth-order valence-electron chi connectivity index (χ4n) is 2.94. The van der Waals surface area contributed by atoms with Crippen molar-refractivity contribution < 1.29 is 0 Å². The van der Waals surface area contributed by atoms with Gasteiger partial charge in [0.2, 0.25) is 0 Å². The molecule has 0 amide bonds. The molecular formula is C11H23N3. The first-order chi connectivity index (χ1) is 6.92. The van der Waals surface area contributed by atoms with Crippen molar-refractivity contribution in [1.82, 2.24) is 10.2 Å². The van der Waals surface area contributed by atoms with Gasteiger partial charge in [-0.2, -0.15) is 0 Å². The van der Waals surface area contributed by atoms with Crippen LogP contribution in [0.3, 0.4) is 0 Å². The highest BCUT2D eigenvalue weighted by Crippen LogP contribution is 2.23.